The van der Waals surface area contributed by atoms with Crippen molar-refractivity contribution in [3.8, 4) is 11.4 Å². The van der Waals surface area contributed by atoms with Crippen LogP contribution >= 0.6 is 0 Å². The summed E-state index contributed by atoms with van der Waals surface area (Å²) in [6.45, 7) is 1.69. The summed E-state index contributed by atoms with van der Waals surface area (Å²) in [5.41, 5.74) is 4.52. The number of hydrogen-bond donors (Lipinski definition) is 2. The number of fused-ring (bicyclic) bond motifs is 1. The Kier molecular flexibility index (Phi) is 6.22. The van der Waals surface area contributed by atoms with Crippen molar-refractivity contribution in [1.82, 2.24) is 20.6 Å². The maximum atomic E-state index is 10.6. The molecule has 156 valence electrons. The molecule has 0 saturated carbocycles. The van der Waals surface area contributed by atoms with Crippen LogP contribution in [-0.4, -0.2) is 38.2 Å². The zero-order valence-electron chi connectivity index (χ0n) is 16.9. The smallest absolute Gasteiger partial charge is 0.303 e. The molecule has 0 atom stereocenters. The molecule has 0 fully saturated rings. The van der Waals surface area contributed by atoms with Crippen LogP contribution in [0.2, 0.25) is 0 Å². The third-order valence-corrected chi connectivity index (χ3v) is 5.41. The third kappa shape index (κ3) is 4.42. The lowest BCUT2D eigenvalue weighted by atomic mass is 10.1. The molecule has 0 aliphatic carbocycles. The van der Waals surface area contributed by atoms with Gasteiger partial charge in [-0.15, -0.1) is 10.2 Å². The van der Waals surface area contributed by atoms with Crippen LogP contribution in [0.25, 0.3) is 11.4 Å². The number of aromatic nitrogens is 4. The highest BCUT2D eigenvalue weighted by Crippen LogP contribution is 2.38. The van der Waals surface area contributed by atoms with E-state index in [4.69, 9.17) is 5.11 Å². The van der Waals surface area contributed by atoms with Crippen LogP contribution in [0.15, 0.2) is 48.5 Å². The minimum absolute atomic E-state index is 0.264. The number of hydrazine groups is 1. The zero-order valence-corrected chi connectivity index (χ0v) is 16.9. The number of carboxylic acid groups (broad SMARTS) is 1. The topological polar surface area (TPSA) is 98.2 Å². The van der Waals surface area contributed by atoms with Gasteiger partial charge in [-0.05, 0) is 41.8 Å². The molecule has 0 radical (unpaired) electrons. The Bertz CT molecular complexity index is 975. The lowest BCUT2D eigenvalue weighted by Crippen LogP contribution is -2.38. The summed E-state index contributed by atoms with van der Waals surface area (Å²) in [7, 11) is 0. The first kappa shape index (κ1) is 19.9. The number of nitrogens with zero attached hydrogens (tertiary/aromatic N) is 5. The molecule has 4 rings (SSSR count). The Morgan fingerprint density at radius 3 is 2.50 bits per heavy atom. The molecule has 0 bridgehead atoms. The van der Waals surface area contributed by atoms with E-state index in [1.165, 1.54) is 11.3 Å². The summed E-state index contributed by atoms with van der Waals surface area (Å²) < 4.78 is 0. The average molecular weight is 406 g/mol. The van der Waals surface area contributed by atoms with Gasteiger partial charge in [0, 0.05) is 18.5 Å². The molecule has 1 aliphatic rings. The number of anilines is 2. The van der Waals surface area contributed by atoms with Crippen molar-refractivity contribution in [3.63, 3.8) is 0 Å². The zero-order chi connectivity index (χ0) is 20.8. The molecule has 2 aromatic carbocycles. The number of unbranched alkanes of at least 4 members (excludes halogenated alkanes) is 4. The monoisotopic (exact) mass is 406 g/mol. The number of carboxylic acids is 1. The van der Waals surface area contributed by atoms with Gasteiger partial charge in [0.2, 0.25) is 5.82 Å². The Morgan fingerprint density at radius 1 is 0.967 bits per heavy atom. The second kappa shape index (κ2) is 9.39. The van der Waals surface area contributed by atoms with Crippen molar-refractivity contribution in [1.29, 1.82) is 0 Å². The highest BCUT2D eigenvalue weighted by molar-refractivity contribution is 5.78. The molecule has 30 heavy (non-hydrogen) atoms. The van der Waals surface area contributed by atoms with E-state index in [1.54, 1.807) is 0 Å². The lowest BCUT2D eigenvalue weighted by molar-refractivity contribution is -0.137. The van der Waals surface area contributed by atoms with E-state index >= 15 is 0 Å². The second-order valence-electron chi connectivity index (χ2n) is 7.47. The molecule has 8 heteroatoms. The molecule has 2 heterocycles. The van der Waals surface area contributed by atoms with Gasteiger partial charge >= 0.3 is 5.97 Å². The van der Waals surface area contributed by atoms with Crippen LogP contribution in [0.3, 0.4) is 0 Å². The van der Waals surface area contributed by atoms with Gasteiger partial charge in [-0.3, -0.25) is 14.8 Å². The van der Waals surface area contributed by atoms with Crippen LogP contribution in [0, 0.1) is 0 Å². The van der Waals surface area contributed by atoms with Crippen LogP contribution in [0.5, 0.6) is 0 Å². The summed E-state index contributed by atoms with van der Waals surface area (Å²) in [5.74, 6) is -0.125. The molecule has 3 aromatic rings. The number of nitrogens with one attached hydrogen (secondary N) is 1. The highest BCUT2D eigenvalue weighted by atomic mass is 16.4. The first-order valence-corrected chi connectivity index (χ1v) is 10.4. The number of para-hydroxylation sites is 2. The maximum Gasteiger partial charge on any atom is 0.303 e. The van der Waals surface area contributed by atoms with E-state index in [0.717, 1.165) is 56.4 Å². The summed E-state index contributed by atoms with van der Waals surface area (Å²) >= 11 is 0. The third-order valence-electron chi connectivity index (χ3n) is 5.41. The minimum atomic E-state index is -0.709. The highest BCUT2D eigenvalue weighted by Gasteiger charge is 2.29. The Morgan fingerprint density at radius 2 is 1.70 bits per heavy atom. The van der Waals surface area contributed by atoms with E-state index < -0.39 is 5.97 Å². The molecule has 0 unspecified atom stereocenters. The number of benzene rings is 2. The van der Waals surface area contributed by atoms with Crippen LogP contribution < -0.4 is 10.0 Å². The van der Waals surface area contributed by atoms with Gasteiger partial charge < -0.3 is 5.11 Å². The van der Waals surface area contributed by atoms with Gasteiger partial charge in [0.25, 0.3) is 0 Å². The number of aliphatic carboxylic acids is 1. The quantitative estimate of drug-likeness (QED) is 0.490. The second-order valence-corrected chi connectivity index (χ2v) is 7.47. The molecule has 0 saturated heterocycles. The lowest BCUT2D eigenvalue weighted by Gasteiger charge is -2.33. The predicted octanol–water partition coefficient (Wildman–Crippen LogP) is 4.03. The van der Waals surface area contributed by atoms with Gasteiger partial charge in [0.15, 0.2) is 0 Å². The van der Waals surface area contributed by atoms with Crippen molar-refractivity contribution < 1.29 is 9.90 Å². The number of H-pyrrole nitrogens is 1. The molecular weight excluding hydrogens is 380 g/mol. The average Bonchev–Trinajstić information content (AvgIpc) is 3.41. The number of rotatable bonds is 10. The summed E-state index contributed by atoms with van der Waals surface area (Å²) in [5, 5.41) is 28.0. The maximum absolute atomic E-state index is 10.6. The van der Waals surface area contributed by atoms with Crippen molar-refractivity contribution in [2.75, 3.05) is 16.6 Å². The molecule has 1 aromatic heterocycles. The number of hydrogen-bond acceptors (Lipinski definition) is 6. The first-order chi connectivity index (χ1) is 14.7. The van der Waals surface area contributed by atoms with Gasteiger partial charge in [-0.2, -0.15) is 5.21 Å². The Labute approximate surface area is 175 Å². The number of tetrazole rings is 1. The fraction of sp³-hybridized carbons (Fsp3) is 0.364. The number of carbonyl (C=O) groups is 1. The first-order valence-electron chi connectivity index (χ1n) is 10.4. The minimum Gasteiger partial charge on any atom is -0.481 e. The molecule has 0 amide bonds. The van der Waals surface area contributed by atoms with Crippen molar-refractivity contribution in [2.24, 2.45) is 0 Å². The molecule has 8 nitrogen and oxygen atoms in total. The fourth-order valence-electron chi connectivity index (χ4n) is 3.96. The van der Waals surface area contributed by atoms with E-state index in [1.807, 2.05) is 18.2 Å². The number of aromatic amines is 1. The summed E-state index contributed by atoms with van der Waals surface area (Å²) in [4.78, 5) is 10.6. The predicted molar refractivity (Wildman–Crippen MR) is 115 cm³/mol. The molecule has 1 aliphatic heterocycles. The summed E-state index contributed by atoms with van der Waals surface area (Å²) in [6.07, 6.45) is 5.17. The standard InChI is InChI=1S/C22H26N6O2/c29-21(30)14-4-2-1-3-9-15-27-19-12-7-5-10-17(19)16-28(27)20-13-8-6-11-18(20)22-23-25-26-24-22/h5-8,10-13H,1-4,9,14-16H2,(H,29,30)(H,23,24,25,26). The van der Waals surface area contributed by atoms with E-state index in [0.29, 0.717) is 5.82 Å². The normalized spacial score (nSPS) is 12.9. The van der Waals surface area contributed by atoms with E-state index in [9.17, 15) is 4.79 Å². The largest absolute Gasteiger partial charge is 0.481 e. The van der Waals surface area contributed by atoms with Crippen LogP contribution in [-0.2, 0) is 11.3 Å². The van der Waals surface area contributed by atoms with Crippen LogP contribution in [0.4, 0.5) is 11.4 Å². The fourth-order valence-corrected chi connectivity index (χ4v) is 3.96. The van der Waals surface area contributed by atoms with Gasteiger partial charge in [-0.25, -0.2) is 0 Å². The van der Waals surface area contributed by atoms with Crippen LogP contribution in [0.1, 0.15) is 44.1 Å². The van der Waals surface area contributed by atoms with Gasteiger partial charge in [0.05, 0.1) is 17.9 Å². The van der Waals surface area contributed by atoms with E-state index in [-0.39, 0.29) is 6.42 Å². The van der Waals surface area contributed by atoms with Crippen molar-refractivity contribution in [2.45, 2.75) is 45.1 Å². The SMILES string of the molecule is O=C(O)CCCCCCCN1c2ccccc2CN1c1ccccc1-c1nn[nH]n1. The van der Waals surface area contributed by atoms with Crippen molar-refractivity contribution in [3.05, 3.63) is 54.1 Å². The van der Waals surface area contributed by atoms with Gasteiger partial charge in [0.1, 0.15) is 0 Å². The summed E-state index contributed by atoms with van der Waals surface area (Å²) in [6, 6.07) is 16.6. The Hall–Kier alpha value is -3.42. The molecular formula is C22H26N6O2. The van der Waals surface area contributed by atoms with E-state index in [2.05, 4.69) is 61.0 Å². The van der Waals surface area contributed by atoms with Gasteiger partial charge in [-0.1, -0.05) is 49.6 Å². The van der Waals surface area contributed by atoms with Crippen molar-refractivity contribution >= 4 is 17.3 Å². The Balaban J connectivity index is 1.47. The molecule has 0 spiro atoms. The molecule has 2 N–H and O–H groups in total.